The van der Waals surface area contributed by atoms with Crippen molar-refractivity contribution in [3.63, 3.8) is 0 Å². The number of hydrogen-bond acceptors (Lipinski definition) is 11. The van der Waals surface area contributed by atoms with E-state index in [0.717, 1.165) is 74.2 Å². The molecule has 2 saturated heterocycles. The van der Waals surface area contributed by atoms with Crippen LogP contribution in [0.3, 0.4) is 0 Å². The summed E-state index contributed by atoms with van der Waals surface area (Å²) in [4.78, 5) is 84.4. The molecule has 4 aliphatic rings. The highest BCUT2D eigenvalue weighted by Crippen LogP contribution is 2.43. The van der Waals surface area contributed by atoms with Gasteiger partial charge in [0.1, 0.15) is 24.3 Å². The molecule has 2 aliphatic heterocycles. The van der Waals surface area contributed by atoms with Crippen LogP contribution in [0.1, 0.15) is 182 Å². The lowest BCUT2D eigenvalue weighted by molar-refractivity contribution is -0.152. The van der Waals surface area contributed by atoms with Crippen LogP contribution in [0.2, 0.25) is 0 Å². The Bertz CT molecular complexity index is 3830. The summed E-state index contributed by atoms with van der Waals surface area (Å²) < 4.78 is 120. The molecule has 5 amide bonds. The Morgan fingerprint density at radius 1 is 0.540 bits per heavy atom. The molecule has 8 N–H and O–H groups in total. The molecule has 0 radical (unpaired) electrons. The van der Waals surface area contributed by atoms with Crippen LogP contribution in [0.25, 0.3) is 0 Å². The molecule has 536 valence electrons. The van der Waals surface area contributed by atoms with Crippen LogP contribution in [0.4, 0.5) is 57.9 Å². The highest BCUT2D eigenvalue weighted by Gasteiger charge is 2.44. The molecule has 2 unspecified atom stereocenters. The van der Waals surface area contributed by atoms with Crippen LogP contribution in [-0.2, 0) is 49.5 Å². The van der Waals surface area contributed by atoms with E-state index in [-0.39, 0.29) is 52.6 Å². The fourth-order valence-electron chi connectivity index (χ4n) is 13.9. The van der Waals surface area contributed by atoms with Crippen LogP contribution in [0.15, 0.2) is 121 Å². The van der Waals surface area contributed by atoms with Crippen LogP contribution >= 0.6 is 0 Å². The van der Waals surface area contributed by atoms with Crippen molar-refractivity contribution in [3.8, 4) is 0 Å². The molecule has 0 aromatic heterocycles. The number of carbonyl (C=O) groups is 6. The number of aliphatic hydroxyl groups is 1. The number of aryl methyl sites for hydroxylation is 2. The second kappa shape index (κ2) is 33.1. The van der Waals surface area contributed by atoms with Gasteiger partial charge in [0.05, 0.1) is 58.8 Å². The number of piperidine rings is 2. The van der Waals surface area contributed by atoms with E-state index in [9.17, 15) is 64.6 Å². The molecule has 16 nitrogen and oxygen atoms in total. The molecule has 6 aromatic carbocycles. The van der Waals surface area contributed by atoms with Gasteiger partial charge in [-0.2, -0.15) is 26.3 Å². The largest absolute Gasteiger partial charge is 0.459 e. The van der Waals surface area contributed by atoms with Gasteiger partial charge in [-0.1, -0.05) is 114 Å². The Balaban J connectivity index is 0.000000242. The van der Waals surface area contributed by atoms with E-state index in [0.29, 0.717) is 60.0 Å². The molecule has 4 fully saturated rings. The molecule has 24 heteroatoms. The lowest BCUT2D eigenvalue weighted by Gasteiger charge is -2.41. The number of alkyl halides is 6. The van der Waals surface area contributed by atoms with E-state index in [1.54, 1.807) is 53.7 Å². The third-order valence-corrected chi connectivity index (χ3v) is 19.4. The van der Waals surface area contributed by atoms with Crippen molar-refractivity contribution in [2.75, 3.05) is 34.4 Å². The summed E-state index contributed by atoms with van der Waals surface area (Å²) in [6, 6.07) is 27.2. The van der Waals surface area contributed by atoms with Crippen molar-refractivity contribution in [2.45, 2.75) is 180 Å². The molecule has 2 saturated carbocycles. The number of nitrogens with two attached hydrogens (primary N) is 1. The maximum atomic E-state index is 15.1. The number of nitrogens with one attached hydrogen (secondary N) is 5. The first-order valence-electron chi connectivity index (χ1n) is 34.2. The molecular formula is C76H88F8N8O8. The number of esters is 1. The number of ether oxygens (including phenoxy) is 1. The Morgan fingerprint density at radius 3 is 1.32 bits per heavy atom. The summed E-state index contributed by atoms with van der Waals surface area (Å²) in [7, 11) is 0. The first-order valence-corrected chi connectivity index (χ1v) is 34.2. The van der Waals surface area contributed by atoms with Gasteiger partial charge in [-0.05, 0) is 166 Å². The van der Waals surface area contributed by atoms with E-state index in [2.05, 4.69) is 26.6 Å². The zero-order valence-electron chi connectivity index (χ0n) is 56.9. The maximum Gasteiger partial charge on any atom is 0.416 e. The van der Waals surface area contributed by atoms with E-state index in [4.69, 9.17) is 10.5 Å². The summed E-state index contributed by atoms with van der Waals surface area (Å²) in [6.45, 7) is 9.05. The lowest BCUT2D eigenvalue weighted by Crippen LogP contribution is -2.52. The Kier molecular flexibility index (Phi) is 24.9. The van der Waals surface area contributed by atoms with Crippen molar-refractivity contribution in [1.82, 2.24) is 15.1 Å². The molecule has 100 heavy (non-hydrogen) atoms. The lowest BCUT2D eigenvalue weighted by atomic mass is 9.83. The number of rotatable bonds is 20. The van der Waals surface area contributed by atoms with Gasteiger partial charge in [0.2, 0.25) is 17.7 Å². The number of hydrogen-bond donors (Lipinski definition) is 7. The first kappa shape index (κ1) is 75.3. The molecule has 2 aliphatic carbocycles. The highest BCUT2D eigenvalue weighted by molar-refractivity contribution is 5.99. The Labute approximate surface area is 577 Å². The van der Waals surface area contributed by atoms with Crippen molar-refractivity contribution in [3.05, 3.63) is 189 Å². The average molecular weight is 1390 g/mol. The Morgan fingerprint density at radius 2 is 0.940 bits per heavy atom. The highest BCUT2D eigenvalue weighted by atomic mass is 19.4. The summed E-state index contributed by atoms with van der Waals surface area (Å²) in [5.74, 6) is -7.51. The number of amides is 5. The standard InChI is InChI=1S/C43H53F4N5O5.C33H35F4N3O3/c1-24(2)36(48)40(54)51-37(25(3)4)42(56)57-23-28-17-20-31(22-33(28)43(45,46)47)50-39(53)32-13-9-21-52(41(55)35-26(5)10-8-14-34(35)44)38(32)27-15-18-30(19-16-27)49-29-11-6-7-12-29;1-20-6-4-10-28(34)29(20)32(43)40-17-5-9-26(30(40)21-11-14-24(15-12-21)38-23-7-2-3-8-23)31(42)39-25-16-13-22(19-41)27(18-25)33(35,36)37/h8,10,14-20,22,24-25,29,32,36-38,49H,6-7,9,11-13,21,23,48H2,1-5H3,(H,50,53)(H,51,54);4,6,10-16,18,23,26,30,38,41H,2-3,5,7-9,17,19H2,1H3,(H,39,42)/t32-,36-,37+,38-;/m0./s1. The van der Waals surface area contributed by atoms with Gasteiger partial charge in [0.25, 0.3) is 11.8 Å². The van der Waals surface area contributed by atoms with E-state index >= 15 is 4.39 Å². The molecular weight excluding hydrogens is 1300 g/mol. The third kappa shape index (κ3) is 18.4. The van der Waals surface area contributed by atoms with Gasteiger partial charge in [-0.3, -0.25) is 24.0 Å². The van der Waals surface area contributed by atoms with Crippen molar-refractivity contribution in [1.29, 1.82) is 0 Å². The van der Waals surface area contributed by atoms with Crippen LogP contribution < -0.4 is 32.3 Å². The fourth-order valence-corrected chi connectivity index (χ4v) is 13.9. The van der Waals surface area contributed by atoms with E-state index < -0.39 is 126 Å². The number of benzene rings is 6. The zero-order chi connectivity index (χ0) is 72.3. The summed E-state index contributed by atoms with van der Waals surface area (Å²) in [6.07, 6.45) is 0.876. The molecule has 6 atom stereocenters. The number of nitrogens with zero attached hydrogens (tertiary/aromatic N) is 2. The SMILES string of the molecule is Cc1cccc(F)c1C(=O)N1CCCC(C(=O)Nc2ccc(CO)c(C(F)(F)F)c2)C1c1ccc(NC2CCCC2)cc1.Cc1cccc(F)c1C(=O)N1CCC[C@H](C(=O)Nc2ccc(COC(=O)[C@H](NC(=O)[C@@H](N)C(C)C)C(C)C)c(C(F)(F)F)c2)[C@@H]1c1ccc(NC2CCCC2)cc1. The number of likely N-dealkylation sites (tertiary alicyclic amines) is 2. The monoisotopic (exact) mass is 1390 g/mol. The summed E-state index contributed by atoms with van der Waals surface area (Å²) in [5, 5.41) is 24.2. The quantitative estimate of drug-likeness (QED) is 0.0281. The minimum absolute atomic E-state index is 0.0671. The molecule has 6 aromatic rings. The summed E-state index contributed by atoms with van der Waals surface area (Å²) in [5.41, 5.74) is 6.69. The van der Waals surface area contributed by atoms with E-state index in [1.807, 2.05) is 48.5 Å². The van der Waals surface area contributed by atoms with Gasteiger partial charge < -0.3 is 52.0 Å². The predicted molar refractivity (Wildman–Crippen MR) is 365 cm³/mol. The molecule has 0 bridgehead atoms. The third-order valence-electron chi connectivity index (χ3n) is 19.4. The fraction of sp³-hybridized carbons (Fsp3) is 0.447. The van der Waals surface area contributed by atoms with Gasteiger partial charge in [-0.15, -0.1) is 0 Å². The minimum atomic E-state index is -4.89. The van der Waals surface area contributed by atoms with E-state index in [1.165, 1.54) is 59.0 Å². The van der Waals surface area contributed by atoms with Crippen LogP contribution in [0.5, 0.6) is 0 Å². The predicted octanol–water partition coefficient (Wildman–Crippen LogP) is 15.1. The number of halogens is 8. The topological polar surface area (TPSA) is 225 Å². The minimum Gasteiger partial charge on any atom is -0.459 e. The number of aliphatic hydroxyl groups excluding tert-OH is 1. The maximum absolute atomic E-state index is 15.1. The second-order valence-corrected chi connectivity index (χ2v) is 27.2. The van der Waals surface area contributed by atoms with Gasteiger partial charge >= 0.3 is 18.3 Å². The van der Waals surface area contributed by atoms with Gasteiger partial charge in [0, 0.05) is 53.5 Å². The normalized spacial score (nSPS) is 18.9. The average Bonchev–Trinajstić information content (AvgIpc) is 0.941. The van der Waals surface area contributed by atoms with Crippen molar-refractivity contribution >= 4 is 58.3 Å². The van der Waals surface area contributed by atoms with Crippen molar-refractivity contribution in [2.24, 2.45) is 29.4 Å². The van der Waals surface area contributed by atoms with Gasteiger partial charge in [-0.25, -0.2) is 13.6 Å². The van der Waals surface area contributed by atoms with Crippen molar-refractivity contribution < 1.29 is 73.7 Å². The number of carbonyl (C=O) groups excluding carboxylic acids is 6. The molecule has 10 rings (SSSR count). The van der Waals surface area contributed by atoms with Crippen LogP contribution in [-0.4, -0.2) is 87.7 Å². The first-order chi connectivity index (χ1) is 47.5. The molecule has 2 heterocycles. The smallest absolute Gasteiger partial charge is 0.416 e. The Hall–Kier alpha value is -8.90. The zero-order valence-corrected chi connectivity index (χ0v) is 56.9. The van der Waals surface area contributed by atoms with Crippen LogP contribution in [0, 0.1) is 49.2 Å². The number of anilines is 4. The van der Waals surface area contributed by atoms with Gasteiger partial charge in [0.15, 0.2) is 0 Å². The molecule has 0 spiro atoms. The summed E-state index contributed by atoms with van der Waals surface area (Å²) >= 11 is 0. The second-order valence-electron chi connectivity index (χ2n) is 27.2.